The predicted molar refractivity (Wildman–Crippen MR) is 283 cm³/mol. The largest absolute Gasteiger partial charge is 0.361 e. The molecule has 69 heavy (non-hydrogen) atoms. The van der Waals surface area contributed by atoms with Crippen molar-refractivity contribution >= 4 is 62.8 Å². The first-order chi connectivity index (χ1) is 32.9. The van der Waals surface area contributed by atoms with Crippen molar-refractivity contribution in [2.75, 3.05) is 98.8 Å². The van der Waals surface area contributed by atoms with Gasteiger partial charge in [0.2, 0.25) is 30.1 Å². The molecular formula is C51H75N9O6S3. The van der Waals surface area contributed by atoms with Gasteiger partial charge in [-0.05, 0) is 227 Å². The number of aryl methyl sites for hydroxylation is 3. The fourth-order valence-corrected chi connectivity index (χ4v) is 12.2. The number of likely N-dealkylation sites (tertiary alicyclic amines) is 3. The van der Waals surface area contributed by atoms with E-state index in [9.17, 15) is 25.3 Å². The van der Waals surface area contributed by atoms with Crippen molar-refractivity contribution in [3.8, 4) is 0 Å². The second-order valence-corrected chi connectivity index (χ2v) is 25.6. The zero-order valence-electron chi connectivity index (χ0n) is 41.4. The average Bonchev–Trinajstić information content (AvgIpc) is 4.10. The van der Waals surface area contributed by atoms with Crippen LogP contribution in [-0.4, -0.2) is 154 Å². The maximum atomic E-state index is 11.6. The summed E-state index contributed by atoms with van der Waals surface area (Å²) in [6.45, 7) is 6.82. The number of nitrogens with zero attached hydrogens (tertiary/aromatic N) is 3. The fourth-order valence-electron chi connectivity index (χ4n) is 10.1. The highest BCUT2D eigenvalue weighted by Gasteiger charge is 2.24. The highest BCUT2D eigenvalue weighted by Crippen LogP contribution is 2.36. The van der Waals surface area contributed by atoms with Crippen LogP contribution in [0, 0.1) is 0 Å². The Morgan fingerprint density at radius 3 is 0.913 bits per heavy atom. The van der Waals surface area contributed by atoms with E-state index in [1.165, 1.54) is 92.5 Å². The van der Waals surface area contributed by atoms with E-state index < -0.39 is 30.1 Å². The number of fused-ring (bicyclic) bond motifs is 3. The third-order valence-corrected chi connectivity index (χ3v) is 18.8. The maximum absolute atomic E-state index is 11.6. The molecule has 0 atom stereocenters. The van der Waals surface area contributed by atoms with Crippen LogP contribution in [0.5, 0.6) is 0 Å². The zero-order valence-corrected chi connectivity index (χ0v) is 43.9. The van der Waals surface area contributed by atoms with E-state index in [0.29, 0.717) is 37.0 Å². The number of piperidine rings is 3. The first-order valence-corrected chi connectivity index (χ1v) is 29.5. The van der Waals surface area contributed by atoms with Crippen LogP contribution in [0.25, 0.3) is 32.7 Å². The monoisotopic (exact) mass is 1010 g/mol. The molecule has 0 unspecified atom stereocenters. The molecule has 6 N–H and O–H groups in total. The first kappa shape index (κ1) is 52.7. The minimum atomic E-state index is -3.16. The predicted octanol–water partition coefficient (Wildman–Crippen LogP) is 6.21. The van der Waals surface area contributed by atoms with Crippen molar-refractivity contribution in [3.05, 3.63) is 107 Å². The third kappa shape index (κ3) is 14.3. The summed E-state index contributed by atoms with van der Waals surface area (Å²) in [4.78, 5) is 17.2. The van der Waals surface area contributed by atoms with Crippen molar-refractivity contribution < 1.29 is 25.3 Å². The summed E-state index contributed by atoms with van der Waals surface area (Å²) >= 11 is 0. The molecule has 3 saturated heterocycles. The van der Waals surface area contributed by atoms with Gasteiger partial charge in [0.25, 0.3) is 0 Å². The van der Waals surface area contributed by atoms with Crippen molar-refractivity contribution in [1.82, 2.24) is 43.8 Å². The van der Waals surface area contributed by atoms with Gasteiger partial charge < -0.3 is 29.7 Å². The molecule has 6 aromatic rings. The number of sulfonamides is 3. The number of aromatic amines is 3. The van der Waals surface area contributed by atoms with E-state index in [2.05, 4.69) is 120 Å². The summed E-state index contributed by atoms with van der Waals surface area (Å²) in [6, 6.07) is 18.7. The Morgan fingerprint density at radius 2 is 0.681 bits per heavy atom. The van der Waals surface area contributed by atoms with Crippen molar-refractivity contribution in [1.29, 1.82) is 0 Å². The number of hydrogen-bond acceptors (Lipinski definition) is 9. The van der Waals surface area contributed by atoms with Crippen LogP contribution in [-0.2, 0) is 49.3 Å². The van der Waals surface area contributed by atoms with Crippen LogP contribution in [0.4, 0.5) is 0 Å². The number of benzene rings is 3. The molecule has 9 rings (SSSR count). The van der Waals surface area contributed by atoms with E-state index in [0.717, 1.165) is 72.5 Å². The van der Waals surface area contributed by atoms with Crippen molar-refractivity contribution in [3.63, 3.8) is 0 Å². The normalized spacial score (nSPS) is 17.8. The lowest BCUT2D eigenvalue weighted by molar-refractivity contribution is 0.256. The number of hydrogen-bond donors (Lipinski definition) is 6. The van der Waals surface area contributed by atoms with Crippen LogP contribution in [0.15, 0.2) is 73.2 Å². The minimum Gasteiger partial charge on any atom is -0.361 e. The van der Waals surface area contributed by atoms with Gasteiger partial charge in [0.15, 0.2) is 0 Å². The molecular weight excluding hydrogens is 931 g/mol. The summed E-state index contributed by atoms with van der Waals surface area (Å²) in [5, 5.41) is 3.75. The van der Waals surface area contributed by atoms with Crippen LogP contribution < -0.4 is 14.2 Å². The Hall–Kier alpha value is -4.11. The topological polar surface area (TPSA) is 196 Å². The highest BCUT2D eigenvalue weighted by atomic mass is 32.2. The second-order valence-electron chi connectivity index (χ2n) is 19.4. The lowest BCUT2D eigenvalue weighted by Crippen LogP contribution is -2.29. The average molecular weight is 1010 g/mol. The molecule has 378 valence electrons. The van der Waals surface area contributed by atoms with Crippen LogP contribution in [0.2, 0.25) is 0 Å². The Morgan fingerprint density at radius 1 is 0.435 bits per heavy atom. The van der Waals surface area contributed by atoms with Gasteiger partial charge in [0.1, 0.15) is 0 Å². The van der Waals surface area contributed by atoms with Gasteiger partial charge in [0.05, 0.1) is 17.3 Å². The number of nitrogens with one attached hydrogen (secondary N) is 6. The maximum Gasteiger partial charge on any atom is 0.211 e. The molecule has 3 aromatic heterocycles. The smallest absolute Gasteiger partial charge is 0.211 e. The Bertz CT molecular complexity index is 2640. The lowest BCUT2D eigenvalue weighted by atomic mass is 9.89. The van der Waals surface area contributed by atoms with Gasteiger partial charge in [0, 0.05) is 51.3 Å². The minimum absolute atomic E-state index is 0.128. The highest BCUT2D eigenvalue weighted by molar-refractivity contribution is 7.89. The number of aromatic nitrogens is 3. The van der Waals surface area contributed by atoms with Crippen LogP contribution >= 0.6 is 0 Å². The summed E-state index contributed by atoms with van der Waals surface area (Å²) in [5.41, 5.74) is 10.8. The van der Waals surface area contributed by atoms with Gasteiger partial charge in [-0.1, -0.05) is 18.2 Å². The molecule has 3 fully saturated rings. The van der Waals surface area contributed by atoms with E-state index >= 15 is 0 Å². The molecule has 0 saturated carbocycles. The number of rotatable bonds is 15. The van der Waals surface area contributed by atoms with E-state index in [-0.39, 0.29) is 17.3 Å². The molecule has 15 nitrogen and oxygen atoms in total. The molecule has 3 aromatic carbocycles. The van der Waals surface area contributed by atoms with Gasteiger partial charge in [-0.15, -0.1) is 0 Å². The molecule has 18 heteroatoms. The molecule has 3 aliphatic heterocycles. The molecule has 0 spiro atoms. The molecule has 0 bridgehead atoms. The SMILES string of the molecule is CNS(=O)(=O)CCc1ccc2[nH]cc(C3CCN(C)CC3)c2c1.CNS(=O)(=O)CCc1ccc2[nH]cc(C3CCN(C)CC3)c2c1.CNS(=O)(=O)CCc1ccc2[nH]cc(C3CCN(C)CC3)c2c1. The van der Waals surface area contributed by atoms with Crippen LogP contribution in [0.1, 0.15) is 89.7 Å². The number of H-pyrrole nitrogens is 3. The van der Waals surface area contributed by atoms with Crippen molar-refractivity contribution in [2.45, 2.75) is 75.5 Å². The third-order valence-electron chi connectivity index (χ3n) is 14.7. The Kier molecular flexibility index (Phi) is 17.9. The van der Waals surface area contributed by atoms with Gasteiger partial charge in [-0.25, -0.2) is 39.4 Å². The standard InChI is InChI=1S/3C17H25N3O2S/c3*1-18-23(21,22)10-7-13-3-4-17-15(11-13)16(12-19-17)14-5-8-20(2)9-6-14/h3*3-4,11-12,14,18-19H,5-10H2,1-2H3. The van der Waals surface area contributed by atoms with Crippen molar-refractivity contribution in [2.24, 2.45) is 0 Å². The summed E-state index contributed by atoms with van der Waals surface area (Å²) in [5.74, 6) is 2.17. The Balaban J connectivity index is 0.000000153. The summed E-state index contributed by atoms with van der Waals surface area (Å²) in [7, 11) is 1.43. The molecule has 3 aliphatic rings. The van der Waals surface area contributed by atoms with Gasteiger partial charge in [-0.2, -0.15) is 0 Å². The second kappa shape index (κ2) is 23.4. The molecule has 6 heterocycles. The molecule has 0 amide bonds. The van der Waals surface area contributed by atoms with E-state index in [4.69, 9.17) is 0 Å². The van der Waals surface area contributed by atoms with E-state index in [1.54, 1.807) is 0 Å². The zero-order chi connectivity index (χ0) is 49.3. The Labute approximate surface area is 410 Å². The van der Waals surface area contributed by atoms with Gasteiger partial charge >= 0.3 is 0 Å². The molecule has 0 radical (unpaired) electrons. The lowest BCUT2D eigenvalue weighted by Gasteiger charge is -2.28. The summed E-state index contributed by atoms with van der Waals surface area (Å²) in [6.07, 6.45) is 15.1. The van der Waals surface area contributed by atoms with E-state index in [1.807, 2.05) is 18.2 Å². The first-order valence-electron chi connectivity index (χ1n) is 24.5. The fraction of sp³-hybridized carbons (Fsp3) is 0.529. The quantitative estimate of drug-likeness (QED) is 0.0694. The van der Waals surface area contributed by atoms with Gasteiger partial charge in [-0.3, -0.25) is 0 Å². The van der Waals surface area contributed by atoms with Crippen LogP contribution in [0.3, 0.4) is 0 Å². The summed E-state index contributed by atoms with van der Waals surface area (Å²) < 4.78 is 76.8. The molecule has 0 aliphatic carbocycles.